The Morgan fingerprint density at radius 2 is 2.10 bits per heavy atom. The third kappa shape index (κ3) is 3.04. The molecule has 2 aliphatic rings. The Balaban J connectivity index is 1.70. The molecule has 2 aliphatic carbocycles. The van der Waals surface area contributed by atoms with Crippen LogP contribution in [0.25, 0.3) is 0 Å². The molecule has 1 amide bonds. The number of carbonyl (C=O) groups excluding carboxylic acids is 1. The summed E-state index contributed by atoms with van der Waals surface area (Å²) in [4.78, 5) is 16.9. The lowest BCUT2D eigenvalue weighted by molar-refractivity contribution is 0.0942. The first kappa shape index (κ1) is 14.4. The van der Waals surface area contributed by atoms with Gasteiger partial charge in [0.25, 0.3) is 5.91 Å². The van der Waals surface area contributed by atoms with Crippen molar-refractivity contribution in [3.8, 4) is 0 Å². The molecule has 2 N–H and O–H groups in total. The highest BCUT2D eigenvalue weighted by Gasteiger charge is 2.53. The third-order valence-electron chi connectivity index (χ3n) is 4.89. The Kier molecular flexibility index (Phi) is 3.64. The number of pyridine rings is 1. The summed E-state index contributed by atoms with van der Waals surface area (Å²) in [5, 5.41) is 6.19. The fourth-order valence-corrected chi connectivity index (χ4v) is 3.05. The van der Waals surface area contributed by atoms with Crippen LogP contribution < -0.4 is 10.6 Å². The van der Waals surface area contributed by atoms with Crippen LogP contribution in [0.15, 0.2) is 12.1 Å². The van der Waals surface area contributed by atoms with E-state index in [1.807, 2.05) is 19.2 Å². The normalized spacial score (nSPS) is 19.4. The number of rotatable bonds is 6. The monoisotopic (exact) mass is 287 g/mol. The molecule has 4 nitrogen and oxygen atoms in total. The maximum absolute atomic E-state index is 12.4. The number of nitrogens with zero attached hydrogens (tertiary/aromatic N) is 1. The van der Waals surface area contributed by atoms with Gasteiger partial charge in [0.15, 0.2) is 0 Å². The molecule has 2 fully saturated rings. The Morgan fingerprint density at radius 3 is 2.62 bits per heavy atom. The van der Waals surface area contributed by atoms with Gasteiger partial charge in [-0.3, -0.25) is 4.79 Å². The molecule has 4 heteroatoms. The Bertz CT molecular complexity index is 545. The summed E-state index contributed by atoms with van der Waals surface area (Å²) in [5.74, 6) is 1.97. The first-order valence-electron chi connectivity index (χ1n) is 8.02. The molecule has 1 heterocycles. The van der Waals surface area contributed by atoms with Crippen molar-refractivity contribution in [3.05, 3.63) is 23.4 Å². The summed E-state index contributed by atoms with van der Waals surface area (Å²) in [6.07, 6.45) is 5.28. The minimum atomic E-state index is 0.0303. The van der Waals surface area contributed by atoms with Crippen LogP contribution in [0.5, 0.6) is 0 Å². The van der Waals surface area contributed by atoms with Crippen molar-refractivity contribution in [1.29, 1.82) is 0 Å². The van der Waals surface area contributed by atoms with Gasteiger partial charge in [-0.25, -0.2) is 4.98 Å². The maximum atomic E-state index is 12.4. The van der Waals surface area contributed by atoms with Gasteiger partial charge in [-0.15, -0.1) is 0 Å². The van der Waals surface area contributed by atoms with E-state index in [0.717, 1.165) is 24.0 Å². The van der Waals surface area contributed by atoms with Crippen molar-refractivity contribution in [1.82, 2.24) is 10.3 Å². The number of anilines is 1. The number of carbonyl (C=O) groups is 1. The van der Waals surface area contributed by atoms with Crippen LogP contribution in [0.3, 0.4) is 0 Å². The molecule has 0 bridgehead atoms. The lowest BCUT2D eigenvalue weighted by Crippen LogP contribution is -2.31. The van der Waals surface area contributed by atoms with E-state index in [-0.39, 0.29) is 5.91 Å². The summed E-state index contributed by atoms with van der Waals surface area (Å²) < 4.78 is 0. The van der Waals surface area contributed by atoms with Crippen LogP contribution in [-0.4, -0.2) is 24.5 Å². The Morgan fingerprint density at radius 1 is 1.38 bits per heavy atom. The van der Waals surface area contributed by atoms with Gasteiger partial charge in [0.05, 0.1) is 0 Å². The highest BCUT2D eigenvalue weighted by Crippen LogP contribution is 2.60. The molecule has 3 rings (SSSR count). The van der Waals surface area contributed by atoms with E-state index in [1.54, 1.807) is 0 Å². The second-order valence-corrected chi connectivity index (χ2v) is 6.89. The molecule has 1 aromatic heterocycles. The number of hydrogen-bond acceptors (Lipinski definition) is 3. The Labute approximate surface area is 126 Å². The van der Waals surface area contributed by atoms with Crippen molar-refractivity contribution < 1.29 is 4.79 Å². The lowest BCUT2D eigenvalue weighted by atomic mass is 10.0. The van der Waals surface area contributed by atoms with Crippen LogP contribution in [0.1, 0.15) is 61.5 Å². The molecule has 0 spiro atoms. The molecule has 0 aromatic carbocycles. The van der Waals surface area contributed by atoms with E-state index in [2.05, 4.69) is 29.5 Å². The van der Waals surface area contributed by atoms with Gasteiger partial charge in [-0.2, -0.15) is 0 Å². The van der Waals surface area contributed by atoms with Crippen LogP contribution in [0.2, 0.25) is 0 Å². The number of amides is 1. The number of hydrogen-bond donors (Lipinski definition) is 2. The predicted molar refractivity (Wildman–Crippen MR) is 84.6 cm³/mol. The van der Waals surface area contributed by atoms with Crippen LogP contribution in [0, 0.1) is 11.3 Å². The fourth-order valence-electron chi connectivity index (χ4n) is 3.05. The molecule has 0 unspecified atom stereocenters. The average Bonchev–Trinajstić information content (AvgIpc) is 3.36. The van der Waals surface area contributed by atoms with Gasteiger partial charge < -0.3 is 10.6 Å². The zero-order valence-electron chi connectivity index (χ0n) is 13.2. The highest BCUT2D eigenvalue weighted by molar-refractivity contribution is 5.95. The minimum Gasteiger partial charge on any atom is -0.373 e. The van der Waals surface area contributed by atoms with Crippen molar-refractivity contribution >= 4 is 11.7 Å². The minimum absolute atomic E-state index is 0.0303. The van der Waals surface area contributed by atoms with E-state index in [4.69, 9.17) is 0 Å². The SMILES string of the molecule is CNc1cc(C(=O)NCC2(C3CC3)CC2)cc(C(C)C)n1. The standard InChI is InChI=1S/C17H25N3O/c1-11(2)14-8-12(9-15(18-3)20-14)16(21)19-10-17(6-7-17)13-4-5-13/h8-9,11,13H,4-7,10H2,1-3H3,(H,18,20)(H,19,21). The second kappa shape index (κ2) is 5.32. The van der Waals surface area contributed by atoms with Crippen molar-refractivity contribution in [2.24, 2.45) is 11.3 Å². The predicted octanol–water partition coefficient (Wildman–Crippen LogP) is 3.17. The van der Waals surface area contributed by atoms with Gasteiger partial charge in [0.2, 0.25) is 0 Å². The van der Waals surface area contributed by atoms with E-state index < -0.39 is 0 Å². The number of aromatic nitrogens is 1. The summed E-state index contributed by atoms with van der Waals surface area (Å²) >= 11 is 0. The van der Waals surface area contributed by atoms with E-state index in [9.17, 15) is 4.79 Å². The lowest BCUT2D eigenvalue weighted by Gasteiger charge is -2.16. The molecular formula is C17H25N3O. The summed E-state index contributed by atoms with van der Waals surface area (Å²) in [6, 6.07) is 3.75. The quantitative estimate of drug-likeness (QED) is 0.845. The van der Waals surface area contributed by atoms with Crippen molar-refractivity contribution in [2.45, 2.75) is 45.4 Å². The van der Waals surface area contributed by atoms with Crippen molar-refractivity contribution in [2.75, 3.05) is 18.9 Å². The van der Waals surface area contributed by atoms with E-state index in [1.165, 1.54) is 25.7 Å². The molecule has 0 atom stereocenters. The van der Waals surface area contributed by atoms with Crippen LogP contribution in [0.4, 0.5) is 5.82 Å². The molecular weight excluding hydrogens is 262 g/mol. The molecule has 21 heavy (non-hydrogen) atoms. The van der Waals surface area contributed by atoms with Gasteiger partial charge in [0.1, 0.15) is 5.82 Å². The smallest absolute Gasteiger partial charge is 0.251 e. The average molecular weight is 287 g/mol. The summed E-state index contributed by atoms with van der Waals surface area (Å²) in [7, 11) is 1.83. The first-order chi connectivity index (χ1) is 10.0. The molecule has 0 radical (unpaired) electrons. The zero-order valence-corrected chi connectivity index (χ0v) is 13.2. The zero-order chi connectivity index (χ0) is 15.0. The van der Waals surface area contributed by atoms with Crippen LogP contribution in [-0.2, 0) is 0 Å². The topological polar surface area (TPSA) is 54.0 Å². The highest BCUT2D eigenvalue weighted by atomic mass is 16.1. The van der Waals surface area contributed by atoms with Gasteiger partial charge in [0, 0.05) is 24.8 Å². The van der Waals surface area contributed by atoms with Gasteiger partial charge in [-0.05, 0) is 55.1 Å². The molecule has 2 saturated carbocycles. The second-order valence-electron chi connectivity index (χ2n) is 6.89. The third-order valence-corrected chi connectivity index (χ3v) is 4.89. The van der Waals surface area contributed by atoms with Crippen LogP contribution >= 0.6 is 0 Å². The van der Waals surface area contributed by atoms with Gasteiger partial charge >= 0.3 is 0 Å². The largest absolute Gasteiger partial charge is 0.373 e. The molecule has 0 saturated heterocycles. The van der Waals surface area contributed by atoms with E-state index in [0.29, 0.717) is 16.9 Å². The summed E-state index contributed by atoms with van der Waals surface area (Å²) in [6.45, 7) is 5.02. The number of nitrogens with one attached hydrogen (secondary N) is 2. The Hall–Kier alpha value is -1.58. The van der Waals surface area contributed by atoms with Gasteiger partial charge in [-0.1, -0.05) is 13.8 Å². The van der Waals surface area contributed by atoms with Crippen molar-refractivity contribution in [3.63, 3.8) is 0 Å². The van der Waals surface area contributed by atoms with E-state index >= 15 is 0 Å². The molecule has 1 aromatic rings. The summed E-state index contributed by atoms with van der Waals surface area (Å²) in [5.41, 5.74) is 2.11. The fraction of sp³-hybridized carbons (Fsp3) is 0.647. The maximum Gasteiger partial charge on any atom is 0.251 e. The molecule has 114 valence electrons. The molecule has 0 aliphatic heterocycles. The first-order valence-corrected chi connectivity index (χ1v) is 8.02.